The molecule has 0 nitrogen and oxygen atoms in total. The smallest absolute Gasteiger partial charge is 0.0243 e. The van der Waals surface area contributed by atoms with Crippen molar-refractivity contribution in [2.75, 3.05) is 0 Å². The van der Waals surface area contributed by atoms with Crippen molar-refractivity contribution < 1.29 is 0 Å². The average molecular weight is 101 g/mol. The van der Waals surface area contributed by atoms with Gasteiger partial charge in [-0.1, -0.05) is 18.1 Å². The van der Waals surface area contributed by atoms with Gasteiger partial charge in [0.05, 0.1) is 0 Å². The maximum absolute atomic E-state index is 5.09. The normalized spacial score (nSPS) is 7.88. The van der Waals surface area contributed by atoms with Gasteiger partial charge in [-0.2, -0.15) is 0 Å². The van der Waals surface area contributed by atoms with Gasteiger partial charge in [-0.25, -0.2) is 0 Å². The molecule has 0 bridgehead atoms. The van der Waals surface area contributed by atoms with Crippen molar-refractivity contribution in [2.24, 2.45) is 0 Å². The summed E-state index contributed by atoms with van der Waals surface area (Å²) in [6.07, 6.45) is 5.09. The number of hydrogen-bond donors (Lipinski definition) is 0. The third-order valence-electron chi connectivity index (χ3n) is 0.885. The molecule has 0 amide bonds. The van der Waals surface area contributed by atoms with Crippen molar-refractivity contribution in [3.8, 4) is 12.3 Å². The quantitative estimate of drug-likeness (QED) is 0.434. The van der Waals surface area contributed by atoms with E-state index in [4.69, 9.17) is 6.42 Å². The van der Waals surface area contributed by atoms with Crippen LogP contribution in [0.25, 0.3) is 0 Å². The predicted octanol–water partition coefficient (Wildman–Crippen LogP) is 1.47. The number of benzene rings is 1. The zero-order valence-corrected chi connectivity index (χ0v) is 4.39. The highest BCUT2D eigenvalue weighted by atomic mass is 13.8. The Balaban J connectivity index is 3.05. The SMILES string of the molecule is C#Cc1cc[c]cc1. The van der Waals surface area contributed by atoms with Crippen molar-refractivity contribution >= 4 is 0 Å². The van der Waals surface area contributed by atoms with Gasteiger partial charge < -0.3 is 0 Å². The van der Waals surface area contributed by atoms with Crippen LogP contribution in [-0.4, -0.2) is 0 Å². The van der Waals surface area contributed by atoms with Gasteiger partial charge in [-0.05, 0) is 18.2 Å². The Morgan fingerprint density at radius 3 is 2.38 bits per heavy atom. The lowest BCUT2D eigenvalue weighted by Gasteiger charge is -1.81. The molecule has 1 aromatic rings. The van der Waals surface area contributed by atoms with Crippen molar-refractivity contribution in [3.63, 3.8) is 0 Å². The zero-order valence-electron chi connectivity index (χ0n) is 4.39. The van der Waals surface area contributed by atoms with Crippen LogP contribution in [0.5, 0.6) is 0 Å². The Hall–Kier alpha value is -1.22. The van der Waals surface area contributed by atoms with E-state index in [1.165, 1.54) is 0 Å². The topological polar surface area (TPSA) is 0 Å². The van der Waals surface area contributed by atoms with Crippen molar-refractivity contribution in [1.82, 2.24) is 0 Å². The molecule has 1 radical (unpaired) electrons. The molecule has 1 rings (SSSR count). The average Bonchev–Trinajstić information content (AvgIpc) is 1.90. The fourth-order valence-corrected chi connectivity index (χ4v) is 0.483. The summed E-state index contributed by atoms with van der Waals surface area (Å²) in [5.41, 5.74) is 0.906. The Morgan fingerprint density at radius 2 is 2.00 bits per heavy atom. The highest BCUT2D eigenvalue weighted by Crippen LogP contribution is 1.92. The Labute approximate surface area is 49.2 Å². The summed E-state index contributed by atoms with van der Waals surface area (Å²) in [4.78, 5) is 0. The minimum atomic E-state index is 0.906. The second-order valence-electron chi connectivity index (χ2n) is 1.43. The van der Waals surface area contributed by atoms with E-state index in [2.05, 4.69) is 12.0 Å². The van der Waals surface area contributed by atoms with Crippen molar-refractivity contribution in [2.45, 2.75) is 0 Å². The monoisotopic (exact) mass is 101 g/mol. The molecule has 0 fully saturated rings. The van der Waals surface area contributed by atoms with Crippen LogP contribution in [0.3, 0.4) is 0 Å². The van der Waals surface area contributed by atoms with Crippen LogP contribution < -0.4 is 0 Å². The van der Waals surface area contributed by atoms with E-state index in [1.807, 2.05) is 12.1 Å². The molecule has 0 unspecified atom stereocenters. The molecule has 0 N–H and O–H groups in total. The standard InChI is InChI=1S/C8H5/c1-2-8-6-4-3-5-7-8/h1,4-7H. The lowest BCUT2D eigenvalue weighted by atomic mass is 10.2. The molecular formula is C8H5. The third-order valence-corrected chi connectivity index (χ3v) is 0.885. The van der Waals surface area contributed by atoms with E-state index in [9.17, 15) is 0 Å². The molecule has 0 aromatic heterocycles. The van der Waals surface area contributed by atoms with Crippen LogP contribution in [0.2, 0.25) is 0 Å². The molecular weight excluding hydrogens is 96.1 g/mol. The van der Waals surface area contributed by atoms with Crippen molar-refractivity contribution in [3.05, 3.63) is 35.9 Å². The van der Waals surface area contributed by atoms with E-state index >= 15 is 0 Å². The van der Waals surface area contributed by atoms with Crippen LogP contribution in [0, 0.1) is 18.4 Å². The first-order valence-electron chi connectivity index (χ1n) is 2.36. The third kappa shape index (κ3) is 0.886. The second kappa shape index (κ2) is 2.18. The van der Waals surface area contributed by atoms with Gasteiger partial charge in [-0.15, -0.1) is 6.42 Å². The maximum atomic E-state index is 5.09. The largest absolute Gasteiger partial charge is 0.115 e. The molecule has 0 saturated carbocycles. The molecule has 8 heavy (non-hydrogen) atoms. The molecule has 0 saturated heterocycles. The van der Waals surface area contributed by atoms with Gasteiger partial charge in [0, 0.05) is 5.56 Å². The number of hydrogen-bond acceptors (Lipinski definition) is 0. The van der Waals surface area contributed by atoms with E-state index in [1.54, 1.807) is 12.1 Å². The minimum absolute atomic E-state index is 0.906. The van der Waals surface area contributed by atoms with Crippen LogP contribution >= 0.6 is 0 Å². The Bertz CT molecular complexity index is 191. The zero-order chi connectivity index (χ0) is 5.82. The van der Waals surface area contributed by atoms with Crippen LogP contribution in [-0.2, 0) is 0 Å². The summed E-state index contributed by atoms with van der Waals surface area (Å²) in [7, 11) is 0. The van der Waals surface area contributed by atoms with Crippen molar-refractivity contribution in [1.29, 1.82) is 0 Å². The fourth-order valence-electron chi connectivity index (χ4n) is 0.483. The van der Waals surface area contributed by atoms with E-state index in [0.717, 1.165) is 5.56 Å². The fraction of sp³-hybridized carbons (Fsp3) is 0. The van der Waals surface area contributed by atoms with E-state index in [-0.39, 0.29) is 0 Å². The minimum Gasteiger partial charge on any atom is -0.115 e. The lowest BCUT2D eigenvalue weighted by Crippen LogP contribution is -1.66. The summed E-state index contributed by atoms with van der Waals surface area (Å²) in [6, 6.07) is 10.2. The maximum Gasteiger partial charge on any atom is 0.0243 e. The molecule has 0 atom stereocenters. The molecule has 37 valence electrons. The van der Waals surface area contributed by atoms with E-state index < -0.39 is 0 Å². The first-order chi connectivity index (χ1) is 3.93. The summed E-state index contributed by atoms with van der Waals surface area (Å²) in [6.45, 7) is 0. The Morgan fingerprint density at radius 1 is 1.38 bits per heavy atom. The molecule has 0 heteroatoms. The van der Waals surface area contributed by atoms with Gasteiger partial charge in [-0.3, -0.25) is 0 Å². The first-order valence-corrected chi connectivity index (χ1v) is 2.36. The molecule has 0 spiro atoms. The van der Waals surface area contributed by atoms with Gasteiger partial charge in [0.15, 0.2) is 0 Å². The van der Waals surface area contributed by atoms with Crippen LogP contribution in [0.4, 0.5) is 0 Å². The van der Waals surface area contributed by atoms with Gasteiger partial charge >= 0.3 is 0 Å². The summed E-state index contributed by atoms with van der Waals surface area (Å²) >= 11 is 0. The van der Waals surface area contributed by atoms with E-state index in [0.29, 0.717) is 0 Å². The Kier molecular flexibility index (Phi) is 1.34. The summed E-state index contributed by atoms with van der Waals surface area (Å²) in [5.74, 6) is 2.51. The van der Waals surface area contributed by atoms with Gasteiger partial charge in [0.25, 0.3) is 0 Å². The molecule has 0 aliphatic carbocycles. The number of terminal acetylenes is 1. The second-order valence-corrected chi connectivity index (χ2v) is 1.43. The summed E-state index contributed by atoms with van der Waals surface area (Å²) in [5, 5.41) is 0. The molecule has 0 heterocycles. The van der Waals surface area contributed by atoms with Gasteiger partial charge in [0.1, 0.15) is 0 Å². The van der Waals surface area contributed by atoms with Crippen LogP contribution in [0.15, 0.2) is 24.3 Å². The lowest BCUT2D eigenvalue weighted by molar-refractivity contribution is 1.64. The van der Waals surface area contributed by atoms with Crippen LogP contribution in [0.1, 0.15) is 5.56 Å². The number of rotatable bonds is 0. The van der Waals surface area contributed by atoms with Gasteiger partial charge in [0.2, 0.25) is 0 Å². The highest BCUT2D eigenvalue weighted by molar-refractivity contribution is 5.30. The predicted molar refractivity (Wildman–Crippen MR) is 33.2 cm³/mol. The first kappa shape index (κ1) is 4.93. The summed E-state index contributed by atoms with van der Waals surface area (Å²) < 4.78 is 0. The molecule has 0 aliphatic heterocycles. The highest BCUT2D eigenvalue weighted by Gasteiger charge is 1.76. The molecule has 0 aliphatic rings. The molecule has 1 aromatic carbocycles.